The Morgan fingerprint density at radius 3 is 2.80 bits per heavy atom. The third-order valence-corrected chi connectivity index (χ3v) is 7.03. The summed E-state index contributed by atoms with van der Waals surface area (Å²) in [5, 5.41) is 10.2. The molecular formula is C19H25N5S. The fourth-order valence-electron chi connectivity index (χ4n) is 4.21. The maximum Gasteiger partial charge on any atom is 0.151 e. The fourth-order valence-corrected chi connectivity index (χ4v) is 5.43. The molecule has 25 heavy (non-hydrogen) atoms. The van der Waals surface area contributed by atoms with Gasteiger partial charge in [0.2, 0.25) is 0 Å². The van der Waals surface area contributed by atoms with E-state index in [0.29, 0.717) is 6.04 Å². The highest BCUT2D eigenvalue weighted by molar-refractivity contribution is 7.11. The Hall–Kier alpha value is -1.53. The average Bonchev–Trinajstić information content (AvgIpc) is 3.18. The van der Waals surface area contributed by atoms with Gasteiger partial charge >= 0.3 is 0 Å². The van der Waals surface area contributed by atoms with Crippen molar-refractivity contribution in [3.8, 4) is 0 Å². The lowest BCUT2D eigenvalue weighted by atomic mass is 10.0. The number of rotatable bonds is 4. The zero-order valence-corrected chi connectivity index (χ0v) is 15.7. The summed E-state index contributed by atoms with van der Waals surface area (Å²) < 4.78 is 0. The quantitative estimate of drug-likeness (QED) is 0.844. The van der Waals surface area contributed by atoms with Crippen molar-refractivity contribution in [2.75, 3.05) is 25.0 Å². The molecule has 1 saturated heterocycles. The molecule has 3 heterocycles. The van der Waals surface area contributed by atoms with Crippen molar-refractivity contribution in [3.05, 3.63) is 32.9 Å². The summed E-state index contributed by atoms with van der Waals surface area (Å²) in [7, 11) is 2.23. The molecule has 132 valence electrons. The van der Waals surface area contributed by atoms with Crippen molar-refractivity contribution in [3.63, 3.8) is 0 Å². The van der Waals surface area contributed by atoms with Crippen LogP contribution >= 0.6 is 11.3 Å². The zero-order valence-electron chi connectivity index (χ0n) is 14.9. The number of hydrogen-bond acceptors (Lipinski definition) is 6. The van der Waals surface area contributed by atoms with Gasteiger partial charge in [0.05, 0.1) is 17.9 Å². The van der Waals surface area contributed by atoms with Crippen molar-refractivity contribution in [2.45, 2.75) is 57.5 Å². The molecule has 0 atom stereocenters. The summed E-state index contributed by atoms with van der Waals surface area (Å²) in [6.07, 6.45) is 8.58. The molecule has 5 rings (SSSR count). The lowest BCUT2D eigenvalue weighted by Crippen LogP contribution is -2.58. The van der Waals surface area contributed by atoms with Gasteiger partial charge in [0, 0.05) is 24.0 Å². The molecular weight excluding hydrogens is 330 g/mol. The number of aromatic nitrogens is 3. The van der Waals surface area contributed by atoms with E-state index in [1.165, 1.54) is 60.5 Å². The third-order valence-electron chi connectivity index (χ3n) is 5.89. The Morgan fingerprint density at radius 1 is 1.08 bits per heavy atom. The monoisotopic (exact) mass is 355 g/mol. The Morgan fingerprint density at radius 2 is 1.92 bits per heavy atom. The standard InChI is InChI=1S/C19H25N5S/c1-23(12-19-20-16-6-2-3-8-17(16)25-19)14-10-24(11-14)18-9-13-5-4-7-15(13)21-22-18/h9,14H,2-8,10-12H2,1H3. The number of aryl methyl sites for hydroxylation is 4. The molecule has 0 bridgehead atoms. The second-order valence-electron chi connectivity index (χ2n) is 7.69. The minimum atomic E-state index is 0.594. The van der Waals surface area contributed by atoms with Gasteiger partial charge in [-0.05, 0) is 63.6 Å². The Bertz CT molecular complexity index is 757. The predicted molar refractivity (Wildman–Crippen MR) is 100 cm³/mol. The molecule has 3 aliphatic rings. The second-order valence-corrected chi connectivity index (χ2v) is 8.85. The van der Waals surface area contributed by atoms with Gasteiger partial charge in [-0.2, -0.15) is 5.10 Å². The van der Waals surface area contributed by atoms with Crippen molar-refractivity contribution < 1.29 is 0 Å². The molecule has 0 aromatic carbocycles. The van der Waals surface area contributed by atoms with Crippen LogP contribution < -0.4 is 4.90 Å². The summed E-state index contributed by atoms with van der Waals surface area (Å²) in [6, 6.07) is 2.86. The summed E-state index contributed by atoms with van der Waals surface area (Å²) in [5.41, 5.74) is 4.00. The van der Waals surface area contributed by atoms with Crippen LogP contribution in [-0.4, -0.2) is 46.3 Å². The van der Waals surface area contributed by atoms with Crippen LogP contribution in [-0.2, 0) is 32.2 Å². The van der Waals surface area contributed by atoms with Crippen LogP contribution in [0.5, 0.6) is 0 Å². The second kappa shape index (κ2) is 6.32. The molecule has 2 aliphatic carbocycles. The van der Waals surface area contributed by atoms with Crippen LogP contribution in [0, 0.1) is 0 Å². The van der Waals surface area contributed by atoms with Gasteiger partial charge < -0.3 is 4.90 Å². The molecule has 0 N–H and O–H groups in total. The number of fused-ring (bicyclic) bond motifs is 2. The van der Waals surface area contributed by atoms with Gasteiger partial charge in [-0.25, -0.2) is 4.98 Å². The highest BCUT2D eigenvalue weighted by Gasteiger charge is 2.32. The molecule has 6 heteroatoms. The van der Waals surface area contributed by atoms with Gasteiger partial charge in [-0.15, -0.1) is 16.4 Å². The maximum absolute atomic E-state index is 4.89. The first-order valence-corrected chi connectivity index (χ1v) is 10.4. The molecule has 1 aliphatic heterocycles. The van der Waals surface area contributed by atoms with Crippen LogP contribution in [0.3, 0.4) is 0 Å². The topological polar surface area (TPSA) is 45.2 Å². The van der Waals surface area contributed by atoms with E-state index < -0.39 is 0 Å². The number of thiazole rings is 1. The van der Waals surface area contributed by atoms with Gasteiger partial charge in [-0.3, -0.25) is 4.90 Å². The maximum atomic E-state index is 4.89. The summed E-state index contributed by atoms with van der Waals surface area (Å²) in [6.45, 7) is 3.08. The van der Waals surface area contributed by atoms with Crippen LogP contribution in [0.25, 0.3) is 0 Å². The lowest BCUT2D eigenvalue weighted by molar-refractivity contribution is 0.196. The first kappa shape index (κ1) is 15.7. The normalized spacial score (nSPS) is 19.8. The van der Waals surface area contributed by atoms with E-state index in [9.17, 15) is 0 Å². The molecule has 5 nitrogen and oxygen atoms in total. The van der Waals surface area contributed by atoms with E-state index in [1.54, 1.807) is 4.88 Å². The van der Waals surface area contributed by atoms with Crippen molar-refractivity contribution in [2.24, 2.45) is 0 Å². The number of likely N-dealkylation sites (N-methyl/N-ethyl adjacent to an activating group) is 1. The SMILES string of the molecule is CN(Cc1nc2c(s1)CCCC2)C1CN(c2cc3c(nn2)CCC3)C1. The lowest BCUT2D eigenvalue weighted by Gasteiger charge is -2.44. The molecule has 0 radical (unpaired) electrons. The Labute approximate surface area is 153 Å². The van der Waals surface area contributed by atoms with E-state index in [1.807, 2.05) is 11.3 Å². The first-order valence-electron chi connectivity index (χ1n) is 9.54. The number of hydrogen-bond donors (Lipinski definition) is 0. The van der Waals surface area contributed by atoms with E-state index >= 15 is 0 Å². The molecule has 2 aromatic heterocycles. The van der Waals surface area contributed by atoms with E-state index in [2.05, 4.69) is 33.1 Å². The van der Waals surface area contributed by atoms with E-state index in [4.69, 9.17) is 4.98 Å². The van der Waals surface area contributed by atoms with Crippen LogP contribution in [0.1, 0.15) is 46.1 Å². The minimum Gasteiger partial charge on any atom is -0.352 e. The smallest absolute Gasteiger partial charge is 0.151 e. The Kier molecular flexibility index (Phi) is 3.97. The van der Waals surface area contributed by atoms with Gasteiger partial charge in [-0.1, -0.05) is 0 Å². The zero-order chi connectivity index (χ0) is 16.8. The molecule has 0 amide bonds. The molecule has 0 saturated carbocycles. The fraction of sp³-hybridized carbons (Fsp3) is 0.632. The van der Waals surface area contributed by atoms with E-state index in [0.717, 1.165) is 31.9 Å². The van der Waals surface area contributed by atoms with Gasteiger partial charge in [0.15, 0.2) is 5.82 Å². The van der Waals surface area contributed by atoms with Crippen molar-refractivity contribution in [1.29, 1.82) is 0 Å². The highest BCUT2D eigenvalue weighted by atomic mass is 32.1. The van der Waals surface area contributed by atoms with Crippen LogP contribution in [0.15, 0.2) is 6.07 Å². The molecule has 1 fully saturated rings. The minimum absolute atomic E-state index is 0.594. The summed E-state index contributed by atoms with van der Waals surface area (Å²) in [4.78, 5) is 11.2. The summed E-state index contributed by atoms with van der Waals surface area (Å²) in [5.74, 6) is 1.06. The Balaban J connectivity index is 1.19. The number of nitrogens with zero attached hydrogens (tertiary/aromatic N) is 5. The van der Waals surface area contributed by atoms with Gasteiger partial charge in [0.25, 0.3) is 0 Å². The van der Waals surface area contributed by atoms with Crippen LogP contribution in [0.2, 0.25) is 0 Å². The third kappa shape index (κ3) is 2.95. The summed E-state index contributed by atoms with van der Waals surface area (Å²) >= 11 is 1.94. The largest absolute Gasteiger partial charge is 0.352 e. The number of anilines is 1. The van der Waals surface area contributed by atoms with Crippen LogP contribution in [0.4, 0.5) is 5.82 Å². The average molecular weight is 356 g/mol. The van der Waals surface area contributed by atoms with E-state index in [-0.39, 0.29) is 0 Å². The highest BCUT2D eigenvalue weighted by Crippen LogP contribution is 2.29. The van der Waals surface area contributed by atoms with Gasteiger partial charge in [0.1, 0.15) is 5.01 Å². The molecule has 0 spiro atoms. The predicted octanol–water partition coefficient (Wildman–Crippen LogP) is 2.62. The molecule has 2 aromatic rings. The van der Waals surface area contributed by atoms with Crippen molar-refractivity contribution in [1.82, 2.24) is 20.1 Å². The molecule has 0 unspecified atom stereocenters. The first-order chi connectivity index (χ1) is 12.3. The van der Waals surface area contributed by atoms with Crippen molar-refractivity contribution >= 4 is 17.2 Å².